The average molecular weight is 701 g/mol. The summed E-state index contributed by atoms with van der Waals surface area (Å²) in [7, 11) is 3.88. The van der Waals surface area contributed by atoms with Crippen LogP contribution in [0, 0.1) is 37.5 Å². The van der Waals surface area contributed by atoms with Crippen LogP contribution in [0.3, 0.4) is 0 Å². The SMILES string of the molecule is C#C.CC.CC(C)C[C@@H](C(=O)NCC(=O)c1ccc(OCCN(C)C)cc1)C(CN1C(=O)c2ccccc2C1=O)C(=O)NO.Cc1ccccc1. The monoisotopic (exact) mass is 700 g/mol. The Hall–Kier alpha value is -5.31. The number of imide groups is 1. The highest BCUT2D eigenvalue weighted by atomic mass is 16.5. The van der Waals surface area contributed by atoms with Gasteiger partial charge in [-0.05, 0) is 69.8 Å². The number of ketones is 1. The number of benzene rings is 3. The summed E-state index contributed by atoms with van der Waals surface area (Å²) >= 11 is 0. The highest BCUT2D eigenvalue weighted by molar-refractivity contribution is 6.21. The highest BCUT2D eigenvalue weighted by Crippen LogP contribution is 2.28. The molecule has 0 aromatic heterocycles. The number of terminal acetylenes is 1. The summed E-state index contributed by atoms with van der Waals surface area (Å²) in [6.45, 7) is 10.3. The fourth-order valence-corrected chi connectivity index (χ4v) is 5.06. The van der Waals surface area contributed by atoms with E-state index in [0.29, 0.717) is 17.9 Å². The Labute approximate surface area is 302 Å². The number of aryl methyl sites for hydroxylation is 1. The number of amides is 4. The van der Waals surface area contributed by atoms with Gasteiger partial charge < -0.3 is 15.0 Å². The molecule has 0 saturated heterocycles. The van der Waals surface area contributed by atoms with Gasteiger partial charge in [-0.2, -0.15) is 0 Å². The van der Waals surface area contributed by atoms with Gasteiger partial charge in [-0.3, -0.25) is 34.1 Å². The number of hydroxylamine groups is 1. The third kappa shape index (κ3) is 13.8. The number of carbonyl (C=O) groups excluding carboxylic acids is 5. The Morgan fingerprint density at radius 3 is 1.80 bits per heavy atom. The Kier molecular flexibility index (Phi) is 19.9. The first kappa shape index (κ1) is 43.7. The number of Topliss-reactive ketones (excluding diaryl/α,β-unsaturated/α-hetero) is 1. The van der Waals surface area contributed by atoms with Crippen molar-refractivity contribution in [1.82, 2.24) is 20.6 Å². The molecule has 1 aliphatic heterocycles. The van der Waals surface area contributed by atoms with Crippen LogP contribution in [0.5, 0.6) is 5.75 Å². The minimum Gasteiger partial charge on any atom is -0.492 e. The molecule has 51 heavy (non-hydrogen) atoms. The van der Waals surface area contributed by atoms with Crippen LogP contribution in [-0.2, 0) is 9.59 Å². The zero-order chi connectivity index (χ0) is 38.5. The van der Waals surface area contributed by atoms with Crippen molar-refractivity contribution in [3.05, 3.63) is 101 Å². The maximum absolute atomic E-state index is 13.3. The van der Waals surface area contributed by atoms with E-state index in [0.717, 1.165) is 11.4 Å². The Balaban J connectivity index is 0.00000102. The van der Waals surface area contributed by atoms with Gasteiger partial charge in [-0.25, -0.2) is 5.48 Å². The van der Waals surface area contributed by atoms with Crippen LogP contribution in [-0.4, -0.2) is 84.8 Å². The highest BCUT2D eigenvalue weighted by Gasteiger charge is 2.42. The predicted molar refractivity (Wildman–Crippen MR) is 198 cm³/mol. The van der Waals surface area contributed by atoms with E-state index in [1.165, 1.54) is 17.7 Å². The summed E-state index contributed by atoms with van der Waals surface area (Å²) in [5, 5.41) is 12.0. The molecule has 2 atom stereocenters. The molecule has 4 rings (SSSR count). The number of hydrogen-bond donors (Lipinski definition) is 3. The van der Waals surface area contributed by atoms with Crippen LogP contribution in [0.15, 0.2) is 78.9 Å². The van der Waals surface area contributed by atoms with Crippen LogP contribution in [0.4, 0.5) is 0 Å². The van der Waals surface area contributed by atoms with Gasteiger partial charge in [0.1, 0.15) is 12.4 Å². The summed E-state index contributed by atoms with van der Waals surface area (Å²) in [5.74, 6) is -4.73. The zero-order valence-corrected chi connectivity index (χ0v) is 30.7. The molecule has 1 aliphatic rings. The normalized spacial score (nSPS) is 12.5. The molecule has 11 nitrogen and oxygen atoms in total. The molecule has 0 aliphatic carbocycles. The lowest BCUT2D eigenvalue weighted by molar-refractivity contribution is -0.141. The topological polar surface area (TPSA) is 145 Å². The number of nitrogens with zero attached hydrogens (tertiary/aromatic N) is 2. The number of hydrogen-bond acceptors (Lipinski definition) is 8. The van der Waals surface area contributed by atoms with Crippen LogP contribution in [0.1, 0.15) is 70.8 Å². The van der Waals surface area contributed by atoms with E-state index in [2.05, 4.69) is 37.2 Å². The molecule has 0 fully saturated rings. The molecule has 0 spiro atoms. The zero-order valence-electron chi connectivity index (χ0n) is 30.7. The first-order chi connectivity index (χ1) is 24.4. The fourth-order valence-electron chi connectivity index (χ4n) is 5.06. The number of ether oxygens (including phenoxy) is 1. The Morgan fingerprint density at radius 1 is 0.824 bits per heavy atom. The first-order valence-corrected chi connectivity index (χ1v) is 16.9. The molecule has 1 unspecified atom stereocenters. The van der Waals surface area contributed by atoms with Crippen molar-refractivity contribution in [3.63, 3.8) is 0 Å². The fraction of sp³-hybridized carbons (Fsp3) is 0.375. The van der Waals surface area contributed by atoms with Gasteiger partial charge in [0.2, 0.25) is 11.8 Å². The van der Waals surface area contributed by atoms with E-state index in [1.807, 2.05) is 64.9 Å². The molecule has 0 radical (unpaired) electrons. The van der Waals surface area contributed by atoms with Gasteiger partial charge in [0.15, 0.2) is 5.78 Å². The minimum atomic E-state index is -1.25. The van der Waals surface area contributed by atoms with Crippen molar-refractivity contribution in [2.45, 2.75) is 41.0 Å². The maximum atomic E-state index is 13.3. The number of likely N-dealkylation sites (N-methyl/N-ethyl adjacent to an activating group) is 1. The summed E-state index contributed by atoms with van der Waals surface area (Å²) in [6, 6.07) is 23.1. The molecule has 0 bridgehead atoms. The standard InChI is InChI=1S/C29H36N4O7.C7H8.C2H6.C2H2/c1-18(2)15-23(24(27(36)31-39)17-33-28(37)21-7-5-6-8-22(21)29(33)38)26(35)30-16-25(34)19-9-11-20(12-10-19)40-14-13-32(3)4;1-7-5-3-2-4-6-7;2*1-2/h5-12,18,23-24,39H,13-17H2,1-4H3,(H,30,35)(H,31,36);2-6H,1H3;1-2H3;1-2H/t23-,24?;;;/m1.../s1. The Bertz CT molecular complexity index is 1540. The van der Waals surface area contributed by atoms with E-state index < -0.39 is 42.0 Å². The van der Waals surface area contributed by atoms with Gasteiger partial charge in [0, 0.05) is 18.7 Å². The summed E-state index contributed by atoms with van der Waals surface area (Å²) in [5.41, 5.74) is 3.68. The van der Waals surface area contributed by atoms with Crippen LogP contribution >= 0.6 is 0 Å². The van der Waals surface area contributed by atoms with Crippen LogP contribution in [0.2, 0.25) is 0 Å². The lowest BCUT2D eigenvalue weighted by Gasteiger charge is -2.28. The molecule has 3 aromatic carbocycles. The Morgan fingerprint density at radius 2 is 1.35 bits per heavy atom. The summed E-state index contributed by atoms with van der Waals surface area (Å²) in [6.07, 6.45) is 8.21. The summed E-state index contributed by atoms with van der Waals surface area (Å²) in [4.78, 5) is 67.6. The molecule has 3 aromatic rings. The van der Waals surface area contributed by atoms with Crippen LogP contribution < -0.4 is 15.5 Å². The lowest BCUT2D eigenvalue weighted by atomic mass is 9.83. The van der Waals surface area contributed by atoms with Gasteiger partial charge >= 0.3 is 0 Å². The van der Waals surface area contributed by atoms with Crippen molar-refractivity contribution in [3.8, 4) is 18.6 Å². The number of nitrogens with one attached hydrogen (secondary N) is 2. The average Bonchev–Trinajstić information content (AvgIpc) is 3.38. The van der Waals surface area contributed by atoms with Crippen LogP contribution in [0.25, 0.3) is 0 Å². The molecule has 274 valence electrons. The van der Waals surface area contributed by atoms with Crippen molar-refractivity contribution in [2.75, 3.05) is 40.3 Å². The second-order valence-electron chi connectivity index (χ2n) is 12.1. The number of fused-ring (bicyclic) bond motifs is 1. The van der Waals surface area contributed by atoms with E-state index in [9.17, 15) is 29.2 Å². The van der Waals surface area contributed by atoms with Gasteiger partial charge in [-0.1, -0.05) is 75.7 Å². The molecule has 11 heteroatoms. The molecular weight excluding hydrogens is 648 g/mol. The molecular formula is C40H52N4O7. The van der Waals surface area contributed by atoms with E-state index in [-0.39, 0.29) is 35.8 Å². The van der Waals surface area contributed by atoms with E-state index >= 15 is 0 Å². The summed E-state index contributed by atoms with van der Waals surface area (Å²) < 4.78 is 5.63. The predicted octanol–water partition coefficient (Wildman–Crippen LogP) is 5.28. The van der Waals surface area contributed by atoms with Crippen molar-refractivity contribution < 1.29 is 33.9 Å². The smallest absolute Gasteiger partial charge is 0.261 e. The third-order valence-corrected chi connectivity index (χ3v) is 7.60. The van der Waals surface area contributed by atoms with Gasteiger partial charge in [0.05, 0.1) is 29.5 Å². The molecule has 1 heterocycles. The maximum Gasteiger partial charge on any atom is 0.261 e. The van der Waals surface area contributed by atoms with Gasteiger partial charge in [0.25, 0.3) is 11.8 Å². The lowest BCUT2D eigenvalue weighted by Crippen LogP contribution is -2.49. The molecule has 4 amide bonds. The number of carbonyl (C=O) groups is 5. The second-order valence-corrected chi connectivity index (χ2v) is 12.1. The van der Waals surface area contributed by atoms with Gasteiger partial charge in [-0.15, -0.1) is 12.8 Å². The first-order valence-electron chi connectivity index (χ1n) is 16.9. The van der Waals surface area contributed by atoms with E-state index in [1.54, 1.807) is 41.9 Å². The van der Waals surface area contributed by atoms with Crippen molar-refractivity contribution in [2.24, 2.45) is 17.8 Å². The second kappa shape index (κ2) is 23.2. The largest absolute Gasteiger partial charge is 0.492 e. The number of rotatable bonds is 14. The van der Waals surface area contributed by atoms with Crippen molar-refractivity contribution >= 4 is 29.4 Å². The van der Waals surface area contributed by atoms with E-state index in [4.69, 9.17) is 4.74 Å². The molecule has 3 N–H and O–H groups in total. The quantitative estimate of drug-likeness (QED) is 0.0678. The minimum absolute atomic E-state index is 0.0531. The third-order valence-electron chi connectivity index (χ3n) is 7.60. The molecule has 0 saturated carbocycles. The van der Waals surface area contributed by atoms with Crippen molar-refractivity contribution in [1.29, 1.82) is 0 Å².